The summed E-state index contributed by atoms with van der Waals surface area (Å²) in [5, 5.41) is 3.38. The first-order valence-electron chi connectivity index (χ1n) is 5.52. The van der Waals surface area contributed by atoms with Gasteiger partial charge in [0.25, 0.3) is 0 Å². The smallest absolute Gasteiger partial charge is 0.218 e. The quantitative estimate of drug-likeness (QED) is 0.847. The number of nitrogens with zero attached hydrogens (tertiary/aromatic N) is 3. The Balaban J connectivity index is 2.17. The summed E-state index contributed by atoms with van der Waals surface area (Å²) >= 11 is 5.92. The first kappa shape index (κ1) is 13.4. The van der Waals surface area contributed by atoms with E-state index in [1.165, 1.54) is 13.4 Å². The summed E-state index contributed by atoms with van der Waals surface area (Å²) in [4.78, 5) is 12.1. The highest BCUT2D eigenvalue weighted by molar-refractivity contribution is 6.31. The van der Waals surface area contributed by atoms with Gasteiger partial charge < -0.3 is 14.8 Å². The van der Waals surface area contributed by atoms with Crippen LogP contribution in [0.2, 0.25) is 5.15 Å². The molecule has 2 rings (SSSR count). The van der Waals surface area contributed by atoms with E-state index in [0.717, 1.165) is 5.56 Å². The van der Waals surface area contributed by atoms with E-state index in [2.05, 4.69) is 20.3 Å². The maximum absolute atomic E-state index is 5.92. The second-order valence-electron chi connectivity index (χ2n) is 3.57. The fourth-order valence-electron chi connectivity index (χ4n) is 1.58. The van der Waals surface area contributed by atoms with Gasteiger partial charge in [0.1, 0.15) is 6.33 Å². The first-order chi connectivity index (χ1) is 9.26. The number of anilines is 1. The Hall–Kier alpha value is -2.08. The van der Waals surface area contributed by atoms with Gasteiger partial charge in [-0.25, -0.2) is 15.0 Å². The molecule has 0 aliphatic heterocycles. The molecule has 0 saturated heterocycles. The van der Waals surface area contributed by atoms with Gasteiger partial charge in [0.05, 0.1) is 14.2 Å². The lowest BCUT2D eigenvalue weighted by molar-refractivity contribution is 0.393. The maximum atomic E-state index is 5.92. The standard InChI is InChI=1S/C12H13ClN4O2/c1-18-9-10(13)16-7-17-11(9)15-6-8-4-3-5-14-12(8)19-2/h3-5,7H,6H2,1-2H3,(H,15,16,17). The minimum atomic E-state index is 0.262. The van der Waals surface area contributed by atoms with Gasteiger partial charge in [0.15, 0.2) is 16.7 Å². The fraction of sp³-hybridized carbons (Fsp3) is 0.250. The lowest BCUT2D eigenvalue weighted by atomic mass is 10.2. The van der Waals surface area contributed by atoms with E-state index >= 15 is 0 Å². The topological polar surface area (TPSA) is 69.2 Å². The zero-order valence-electron chi connectivity index (χ0n) is 10.6. The van der Waals surface area contributed by atoms with Crippen LogP contribution in [-0.2, 0) is 6.54 Å². The number of hydrogen-bond acceptors (Lipinski definition) is 6. The average Bonchev–Trinajstić information content (AvgIpc) is 2.45. The van der Waals surface area contributed by atoms with Gasteiger partial charge in [0, 0.05) is 18.3 Å². The van der Waals surface area contributed by atoms with E-state index < -0.39 is 0 Å². The molecule has 0 saturated carbocycles. The van der Waals surface area contributed by atoms with Crippen LogP contribution in [0.15, 0.2) is 24.7 Å². The van der Waals surface area contributed by atoms with Crippen molar-refractivity contribution in [2.75, 3.05) is 19.5 Å². The van der Waals surface area contributed by atoms with Crippen LogP contribution in [0.4, 0.5) is 5.82 Å². The largest absolute Gasteiger partial charge is 0.490 e. The van der Waals surface area contributed by atoms with Crippen LogP contribution in [0.3, 0.4) is 0 Å². The minimum absolute atomic E-state index is 0.262. The highest BCUT2D eigenvalue weighted by atomic mass is 35.5. The summed E-state index contributed by atoms with van der Waals surface area (Å²) in [6.45, 7) is 0.487. The molecule has 2 aromatic heterocycles. The Labute approximate surface area is 115 Å². The van der Waals surface area contributed by atoms with Crippen molar-refractivity contribution in [3.05, 3.63) is 35.4 Å². The van der Waals surface area contributed by atoms with Gasteiger partial charge in [-0.1, -0.05) is 17.7 Å². The van der Waals surface area contributed by atoms with E-state index in [0.29, 0.717) is 24.0 Å². The molecule has 19 heavy (non-hydrogen) atoms. The Bertz CT molecular complexity index is 565. The SMILES string of the molecule is COc1ncccc1CNc1ncnc(Cl)c1OC. The van der Waals surface area contributed by atoms with Crippen molar-refractivity contribution in [2.24, 2.45) is 0 Å². The Morgan fingerprint density at radius 3 is 2.79 bits per heavy atom. The molecule has 0 atom stereocenters. The molecule has 0 amide bonds. The summed E-state index contributed by atoms with van der Waals surface area (Å²) in [5.41, 5.74) is 0.904. The van der Waals surface area contributed by atoms with E-state index in [1.807, 2.05) is 12.1 Å². The average molecular weight is 281 g/mol. The highest BCUT2D eigenvalue weighted by Gasteiger charge is 2.11. The second kappa shape index (κ2) is 6.19. The number of pyridine rings is 1. The minimum Gasteiger partial charge on any atom is -0.490 e. The molecule has 0 aliphatic rings. The van der Waals surface area contributed by atoms with Crippen LogP contribution in [0.25, 0.3) is 0 Å². The third-order valence-corrected chi connectivity index (χ3v) is 2.72. The number of methoxy groups -OCH3 is 2. The summed E-state index contributed by atoms with van der Waals surface area (Å²) < 4.78 is 10.3. The Morgan fingerprint density at radius 2 is 2.05 bits per heavy atom. The lowest BCUT2D eigenvalue weighted by Gasteiger charge is -2.11. The van der Waals surface area contributed by atoms with E-state index in [9.17, 15) is 0 Å². The van der Waals surface area contributed by atoms with Gasteiger partial charge in [0.2, 0.25) is 5.88 Å². The highest BCUT2D eigenvalue weighted by Crippen LogP contribution is 2.29. The molecular weight excluding hydrogens is 268 g/mol. The molecular formula is C12H13ClN4O2. The fourth-order valence-corrected chi connectivity index (χ4v) is 1.79. The monoisotopic (exact) mass is 280 g/mol. The van der Waals surface area contributed by atoms with Crippen LogP contribution < -0.4 is 14.8 Å². The predicted molar refractivity (Wildman–Crippen MR) is 71.7 cm³/mol. The van der Waals surface area contributed by atoms with Crippen molar-refractivity contribution in [3.8, 4) is 11.6 Å². The molecule has 0 radical (unpaired) electrons. The number of nitrogens with one attached hydrogen (secondary N) is 1. The third-order valence-electron chi connectivity index (χ3n) is 2.45. The number of halogens is 1. The molecule has 0 spiro atoms. The molecule has 0 bridgehead atoms. The first-order valence-corrected chi connectivity index (χ1v) is 5.90. The van der Waals surface area contributed by atoms with Crippen molar-refractivity contribution in [3.63, 3.8) is 0 Å². The maximum Gasteiger partial charge on any atom is 0.218 e. The third kappa shape index (κ3) is 3.03. The van der Waals surface area contributed by atoms with Gasteiger partial charge in [-0.15, -0.1) is 0 Å². The predicted octanol–water partition coefficient (Wildman–Crippen LogP) is 2.15. The van der Waals surface area contributed by atoms with Crippen LogP contribution >= 0.6 is 11.6 Å². The molecule has 2 heterocycles. The summed E-state index contributed by atoms with van der Waals surface area (Å²) in [6, 6.07) is 3.75. The molecule has 0 unspecified atom stereocenters. The van der Waals surface area contributed by atoms with Gasteiger partial charge in [-0.05, 0) is 6.07 Å². The van der Waals surface area contributed by atoms with Crippen LogP contribution in [0.1, 0.15) is 5.56 Å². The van der Waals surface area contributed by atoms with Crippen molar-refractivity contribution in [1.29, 1.82) is 0 Å². The normalized spacial score (nSPS) is 10.1. The van der Waals surface area contributed by atoms with Gasteiger partial charge in [-0.2, -0.15) is 0 Å². The number of hydrogen-bond donors (Lipinski definition) is 1. The molecule has 100 valence electrons. The number of aromatic nitrogens is 3. The zero-order chi connectivity index (χ0) is 13.7. The molecule has 0 aliphatic carbocycles. The van der Waals surface area contributed by atoms with Crippen molar-refractivity contribution in [1.82, 2.24) is 15.0 Å². The molecule has 0 fully saturated rings. The van der Waals surface area contributed by atoms with E-state index in [-0.39, 0.29) is 5.15 Å². The summed E-state index contributed by atoms with van der Waals surface area (Å²) in [7, 11) is 3.09. The van der Waals surface area contributed by atoms with Crippen molar-refractivity contribution >= 4 is 17.4 Å². The Kier molecular flexibility index (Phi) is 4.35. The molecule has 2 aromatic rings. The second-order valence-corrected chi connectivity index (χ2v) is 3.93. The summed E-state index contributed by atoms with van der Waals surface area (Å²) in [6.07, 6.45) is 3.04. The lowest BCUT2D eigenvalue weighted by Crippen LogP contribution is -2.06. The van der Waals surface area contributed by atoms with Gasteiger partial charge in [-0.3, -0.25) is 0 Å². The van der Waals surface area contributed by atoms with E-state index in [4.69, 9.17) is 21.1 Å². The van der Waals surface area contributed by atoms with Crippen LogP contribution in [0, 0.1) is 0 Å². The molecule has 7 heteroatoms. The van der Waals surface area contributed by atoms with Crippen molar-refractivity contribution < 1.29 is 9.47 Å². The van der Waals surface area contributed by atoms with Crippen LogP contribution in [0.5, 0.6) is 11.6 Å². The van der Waals surface area contributed by atoms with Gasteiger partial charge >= 0.3 is 0 Å². The molecule has 6 nitrogen and oxygen atoms in total. The van der Waals surface area contributed by atoms with Crippen molar-refractivity contribution in [2.45, 2.75) is 6.54 Å². The summed E-state index contributed by atoms with van der Waals surface area (Å²) in [5.74, 6) is 1.49. The van der Waals surface area contributed by atoms with Crippen LogP contribution in [-0.4, -0.2) is 29.2 Å². The number of ether oxygens (including phenoxy) is 2. The molecule has 0 aromatic carbocycles. The van der Waals surface area contributed by atoms with E-state index in [1.54, 1.807) is 13.3 Å². The zero-order valence-corrected chi connectivity index (χ0v) is 11.3. The molecule has 1 N–H and O–H groups in total. The Morgan fingerprint density at radius 1 is 1.21 bits per heavy atom. The number of rotatable bonds is 5.